The lowest BCUT2D eigenvalue weighted by Crippen LogP contribution is -2.53. The topological polar surface area (TPSA) is 138 Å². The van der Waals surface area contributed by atoms with E-state index in [9.17, 15) is 32.7 Å². The van der Waals surface area contributed by atoms with Crippen LogP contribution in [0.1, 0.15) is 19.4 Å². The standard InChI is InChI=1S/C25H27F3N6O4/c1-15(2)20(21(36)25(26,27)28)33-19(35)14-34-22(17-6-4-3-5-7-17)30-13-18(23(34)37)32-24(38)31-12-16-8-10-29-11-9-16/h3-11,13,15,20-21,36H,12,14H2,1-2H3,(H,33,35)(H2,31,32,38). The number of carbonyl (C=O) groups excluding carboxylic acids is 2. The molecule has 3 amide bonds. The molecule has 3 rings (SSSR count). The number of aromatic nitrogens is 3. The average molecular weight is 533 g/mol. The van der Waals surface area contributed by atoms with Gasteiger partial charge in [0.05, 0.1) is 12.2 Å². The minimum atomic E-state index is -4.96. The van der Waals surface area contributed by atoms with Gasteiger partial charge in [0, 0.05) is 24.5 Å². The summed E-state index contributed by atoms with van der Waals surface area (Å²) in [6.45, 7) is 2.27. The third kappa shape index (κ3) is 7.38. The molecular weight excluding hydrogens is 505 g/mol. The molecule has 0 aliphatic heterocycles. The van der Waals surface area contributed by atoms with Crippen LogP contribution in [0.4, 0.5) is 23.7 Å². The number of nitrogens with one attached hydrogen (secondary N) is 3. The molecule has 0 aliphatic rings. The molecule has 3 aromatic rings. The summed E-state index contributed by atoms with van der Waals surface area (Å²) in [6, 6.07) is 9.39. The molecule has 0 spiro atoms. The first-order valence-electron chi connectivity index (χ1n) is 11.6. The second-order valence-electron chi connectivity index (χ2n) is 8.74. The summed E-state index contributed by atoms with van der Waals surface area (Å²) in [5.74, 6) is -1.66. The lowest BCUT2D eigenvalue weighted by atomic mass is 9.98. The number of nitrogens with zero attached hydrogens (tertiary/aromatic N) is 3. The summed E-state index contributed by atoms with van der Waals surface area (Å²) in [5.41, 5.74) is 0.176. The van der Waals surface area contributed by atoms with E-state index < -0.39 is 48.3 Å². The number of alkyl halides is 3. The molecule has 13 heteroatoms. The fourth-order valence-electron chi connectivity index (χ4n) is 3.58. The third-order valence-electron chi connectivity index (χ3n) is 5.55. The molecule has 0 fully saturated rings. The van der Waals surface area contributed by atoms with Crippen molar-refractivity contribution in [1.29, 1.82) is 0 Å². The molecule has 202 valence electrons. The van der Waals surface area contributed by atoms with Crippen molar-refractivity contribution in [3.63, 3.8) is 0 Å². The van der Waals surface area contributed by atoms with Gasteiger partial charge < -0.3 is 21.1 Å². The highest BCUT2D eigenvalue weighted by molar-refractivity contribution is 5.89. The molecule has 38 heavy (non-hydrogen) atoms. The third-order valence-corrected chi connectivity index (χ3v) is 5.55. The number of hydrogen-bond acceptors (Lipinski definition) is 6. The largest absolute Gasteiger partial charge is 0.416 e. The molecule has 4 N–H and O–H groups in total. The number of aliphatic hydroxyl groups excluding tert-OH is 1. The second kappa shape index (κ2) is 12.3. The van der Waals surface area contributed by atoms with Gasteiger partial charge in [-0.15, -0.1) is 0 Å². The maximum absolute atomic E-state index is 13.3. The average Bonchev–Trinajstić information content (AvgIpc) is 2.88. The van der Waals surface area contributed by atoms with Crippen LogP contribution in [0.25, 0.3) is 11.4 Å². The fourth-order valence-corrected chi connectivity index (χ4v) is 3.58. The monoisotopic (exact) mass is 532 g/mol. The van der Waals surface area contributed by atoms with E-state index in [2.05, 4.69) is 25.9 Å². The van der Waals surface area contributed by atoms with E-state index in [1.54, 1.807) is 54.9 Å². The fraction of sp³-hybridized carbons (Fsp3) is 0.320. The maximum Gasteiger partial charge on any atom is 0.416 e. The van der Waals surface area contributed by atoms with Crippen LogP contribution in [0, 0.1) is 5.92 Å². The predicted molar refractivity (Wildman–Crippen MR) is 133 cm³/mol. The number of benzene rings is 1. The Bertz CT molecular complexity index is 1300. The van der Waals surface area contributed by atoms with E-state index in [0.717, 1.165) is 16.3 Å². The molecule has 0 bridgehead atoms. The zero-order chi connectivity index (χ0) is 27.9. The molecule has 0 radical (unpaired) electrons. The van der Waals surface area contributed by atoms with Crippen LogP contribution in [0.2, 0.25) is 0 Å². The van der Waals surface area contributed by atoms with E-state index in [1.165, 1.54) is 13.8 Å². The molecule has 2 aromatic heterocycles. The number of halogens is 3. The van der Waals surface area contributed by atoms with E-state index in [-0.39, 0.29) is 18.1 Å². The number of pyridine rings is 1. The zero-order valence-corrected chi connectivity index (χ0v) is 20.6. The number of anilines is 1. The van der Waals surface area contributed by atoms with E-state index in [4.69, 9.17) is 0 Å². The van der Waals surface area contributed by atoms with Crippen molar-refractivity contribution in [3.8, 4) is 11.4 Å². The number of amides is 3. The smallest absolute Gasteiger partial charge is 0.382 e. The maximum atomic E-state index is 13.3. The van der Waals surface area contributed by atoms with Crippen LogP contribution >= 0.6 is 0 Å². The summed E-state index contributed by atoms with van der Waals surface area (Å²) in [7, 11) is 0. The summed E-state index contributed by atoms with van der Waals surface area (Å²) < 4.78 is 40.3. The first-order valence-corrected chi connectivity index (χ1v) is 11.6. The van der Waals surface area contributed by atoms with Gasteiger partial charge in [0.25, 0.3) is 5.56 Å². The first-order chi connectivity index (χ1) is 18.0. The predicted octanol–water partition coefficient (Wildman–Crippen LogP) is 2.69. The number of hydrogen-bond donors (Lipinski definition) is 4. The van der Waals surface area contributed by atoms with Gasteiger partial charge in [-0.05, 0) is 23.6 Å². The molecule has 10 nitrogen and oxygen atoms in total. The Morgan fingerprint density at radius 1 is 1.08 bits per heavy atom. The Labute approximate surface area is 215 Å². The summed E-state index contributed by atoms with van der Waals surface area (Å²) >= 11 is 0. The van der Waals surface area contributed by atoms with E-state index in [1.807, 2.05) is 0 Å². The summed E-state index contributed by atoms with van der Waals surface area (Å²) in [4.78, 5) is 46.6. The van der Waals surface area contributed by atoms with Crippen molar-refractivity contribution in [2.45, 2.75) is 45.3 Å². The lowest BCUT2D eigenvalue weighted by molar-refractivity contribution is -0.215. The van der Waals surface area contributed by atoms with Crippen LogP contribution in [-0.4, -0.2) is 49.9 Å². The highest BCUT2D eigenvalue weighted by atomic mass is 19.4. The number of carbonyl (C=O) groups is 2. The molecule has 0 aliphatic carbocycles. The van der Waals surface area contributed by atoms with Gasteiger partial charge in [0.15, 0.2) is 6.10 Å². The van der Waals surface area contributed by atoms with Gasteiger partial charge in [0.2, 0.25) is 5.91 Å². The quantitative estimate of drug-likeness (QED) is 0.334. The number of rotatable bonds is 9. The first kappa shape index (κ1) is 28.3. The van der Waals surface area contributed by atoms with Crippen molar-refractivity contribution < 1.29 is 27.9 Å². The minimum absolute atomic E-state index is 0.0611. The van der Waals surface area contributed by atoms with Crippen molar-refractivity contribution in [2.24, 2.45) is 5.92 Å². The Morgan fingerprint density at radius 3 is 2.34 bits per heavy atom. The van der Waals surface area contributed by atoms with Gasteiger partial charge in [-0.25, -0.2) is 9.78 Å². The SMILES string of the molecule is CC(C)C(NC(=O)Cn1c(-c2ccccc2)ncc(NC(=O)NCc2ccncc2)c1=O)C(O)C(F)(F)F. The van der Waals surface area contributed by atoms with Crippen LogP contribution in [0.3, 0.4) is 0 Å². The molecule has 0 saturated heterocycles. The van der Waals surface area contributed by atoms with Crippen LogP contribution < -0.4 is 21.5 Å². The van der Waals surface area contributed by atoms with Gasteiger partial charge in [-0.1, -0.05) is 44.2 Å². The van der Waals surface area contributed by atoms with Crippen molar-refractivity contribution in [2.75, 3.05) is 5.32 Å². The van der Waals surface area contributed by atoms with Crippen LogP contribution in [-0.2, 0) is 17.9 Å². The Balaban J connectivity index is 1.86. The van der Waals surface area contributed by atoms with Gasteiger partial charge in [-0.2, -0.15) is 13.2 Å². The van der Waals surface area contributed by atoms with Crippen LogP contribution in [0.5, 0.6) is 0 Å². The molecule has 1 aromatic carbocycles. The molecular formula is C25H27F3N6O4. The summed E-state index contributed by atoms with van der Waals surface area (Å²) in [6.07, 6.45) is -3.50. The highest BCUT2D eigenvalue weighted by Crippen LogP contribution is 2.25. The van der Waals surface area contributed by atoms with Crippen molar-refractivity contribution in [3.05, 3.63) is 77.0 Å². The minimum Gasteiger partial charge on any atom is -0.382 e. The molecule has 0 saturated carbocycles. The lowest BCUT2D eigenvalue weighted by Gasteiger charge is -2.29. The van der Waals surface area contributed by atoms with Crippen molar-refractivity contribution in [1.82, 2.24) is 25.2 Å². The van der Waals surface area contributed by atoms with Crippen molar-refractivity contribution >= 4 is 17.6 Å². The Hall–Kier alpha value is -4.26. The molecule has 2 unspecified atom stereocenters. The Morgan fingerprint density at radius 2 is 1.74 bits per heavy atom. The normalized spacial score (nSPS) is 13.0. The van der Waals surface area contributed by atoms with Gasteiger partial charge >= 0.3 is 12.2 Å². The second-order valence-corrected chi connectivity index (χ2v) is 8.74. The highest BCUT2D eigenvalue weighted by Gasteiger charge is 2.45. The number of urea groups is 1. The number of aliphatic hydroxyl groups is 1. The van der Waals surface area contributed by atoms with Gasteiger partial charge in [0.1, 0.15) is 18.1 Å². The molecule has 2 atom stereocenters. The zero-order valence-electron chi connectivity index (χ0n) is 20.6. The van der Waals surface area contributed by atoms with Gasteiger partial charge in [-0.3, -0.25) is 19.1 Å². The Kier molecular flexibility index (Phi) is 9.18. The van der Waals surface area contributed by atoms with E-state index >= 15 is 0 Å². The summed E-state index contributed by atoms with van der Waals surface area (Å²) in [5, 5.41) is 16.9. The van der Waals surface area contributed by atoms with Crippen LogP contribution in [0.15, 0.2) is 65.8 Å². The molecule has 2 heterocycles. The van der Waals surface area contributed by atoms with E-state index in [0.29, 0.717) is 5.56 Å².